The lowest BCUT2D eigenvalue weighted by molar-refractivity contribution is -0.125. The molecule has 0 saturated carbocycles. The molecule has 0 aliphatic rings. The molecule has 0 spiro atoms. The predicted octanol–water partition coefficient (Wildman–Crippen LogP) is 1.51. The smallest absolute Gasteiger partial charge is 0.258 e. The summed E-state index contributed by atoms with van der Waals surface area (Å²) in [6.45, 7) is -0.710. The average molecular weight is 351 g/mol. The molecule has 2 rings (SSSR count). The van der Waals surface area contributed by atoms with Crippen LogP contribution in [0, 0.1) is 0 Å². The van der Waals surface area contributed by atoms with Crippen LogP contribution in [-0.2, 0) is 4.79 Å². The van der Waals surface area contributed by atoms with E-state index in [0.717, 1.165) is 0 Å². The number of hydrogen-bond acceptors (Lipinski definition) is 5. The largest absolute Gasteiger partial charge is 0.482 e. The number of hydrogen-bond donors (Lipinski definition) is 4. The fourth-order valence-electron chi connectivity index (χ4n) is 2.10. The molecular formula is C17H19ClN2O4. The van der Waals surface area contributed by atoms with Crippen molar-refractivity contribution in [3.05, 3.63) is 59.1 Å². The van der Waals surface area contributed by atoms with Crippen LogP contribution in [0.2, 0.25) is 5.02 Å². The number of halogens is 1. The van der Waals surface area contributed by atoms with Gasteiger partial charge in [-0.2, -0.15) is 0 Å². The zero-order valence-corrected chi connectivity index (χ0v) is 13.6. The number of aliphatic hydroxyl groups is 2. The molecule has 1 amide bonds. The molecule has 0 aromatic heterocycles. The Morgan fingerprint density at radius 3 is 2.50 bits per heavy atom. The Labute approximate surface area is 144 Å². The summed E-state index contributed by atoms with van der Waals surface area (Å²) in [5.41, 5.74) is 6.69. The highest BCUT2D eigenvalue weighted by molar-refractivity contribution is 6.32. The molecule has 2 unspecified atom stereocenters. The molecule has 128 valence electrons. The Bertz CT molecular complexity index is 679. The topological polar surface area (TPSA) is 105 Å². The summed E-state index contributed by atoms with van der Waals surface area (Å²) >= 11 is 5.94. The maximum atomic E-state index is 12.0. The number of nitrogens with one attached hydrogen (secondary N) is 1. The molecule has 5 N–H and O–H groups in total. The Balaban J connectivity index is 1.93. The number of rotatable bonds is 7. The standard InChI is InChI=1S/C17H19ClN2O4/c18-13-3-1-2-4-15(13)24-10-16(22)20-14(9-21)17(23)11-5-7-12(19)8-6-11/h1-8,14,17,21,23H,9-10,19H2,(H,20,22). The van der Waals surface area contributed by atoms with Gasteiger partial charge >= 0.3 is 0 Å². The number of nitrogens with two attached hydrogens (primary N) is 1. The average Bonchev–Trinajstić information content (AvgIpc) is 2.59. The molecule has 0 radical (unpaired) electrons. The summed E-state index contributed by atoms with van der Waals surface area (Å²) in [4.78, 5) is 12.0. The lowest BCUT2D eigenvalue weighted by Gasteiger charge is -2.22. The van der Waals surface area contributed by atoms with E-state index in [2.05, 4.69) is 5.32 Å². The van der Waals surface area contributed by atoms with Gasteiger partial charge in [-0.05, 0) is 29.8 Å². The van der Waals surface area contributed by atoms with Crippen molar-refractivity contribution in [2.45, 2.75) is 12.1 Å². The highest BCUT2D eigenvalue weighted by Gasteiger charge is 2.22. The first-order valence-electron chi connectivity index (χ1n) is 7.32. The van der Waals surface area contributed by atoms with Gasteiger partial charge in [-0.1, -0.05) is 35.9 Å². The summed E-state index contributed by atoms with van der Waals surface area (Å²) in [5.74, 6) is -0.0996. The lowest BCUT2D eigenvalue weighted by Crippen LogP contribution is -2.44. The molecule has 2 aromatic carbocycles. The molecule has 0 saturated heterocycles. The van der Waals surface area contributed by atoms with Gasteiger partial charge in [0.05, 0.1) is 17.7 Å². The van der Waals surface area contributed by atoms with E-state index in [1.54, 1.807) is 48.5 Å². The molecule has 7 heteroatoms. The van der Waals surface area contributed by atoms with Gasteiger partial charge in [-0.3, -0.25) is 4.79 Å². The number of para-hydroxylation sites is 1. The van der Waals surface area contributed by atoms with Crippen LogP contribution in [0.4, 0.5) is 5.69 Å². The third-order valence-electron chi connectivity index (χ3n) is 3.40. The number of nitrogen functional groups attached to an aromatic ring is 1. The first-order valence-corrected chi connectivity index (χ1v) is 7.70. The number of amides is 1. The maximum absolute atomic E-state index is 12.0. The van der Waals surface area contributed by atoms with E-state index in [0.29, 0.717) is 22.0 Å². The Morgan fingerprint density at radius 1 is 1.21 bits per heavy atom. The minimum Gasteiger partial charge on any atom is -0.482 e. The van der Waals surface area contributed by atoms with Crippen LogP contribution in [0.3, 0.4) is 0 Å². The van der Waals surface area contributed by atoms with Crippen LogP contribution in [-0.4, -0.2) is 35.4 Å². The van der Waals surface area contributed by atoms with Crippen molar-refractivity contribution in [3.8, 4) is 5.75 Å². The quantitative estimate of drug-likeness (QED) is 0.567. The molecule has 0 aliphatic carbocycles. The van der Waals surface area contributed by atoms with Crippen molar-refractivity contribution < 1.29 is 19.7 Å². The molecule has 0 aliphatic heterocycles. The molecule has 6 nitrogen and oxygen atoms in total. The molecule has 0 bridgehead atoms. The van der Waals surface area contributed by atoms with Gasteiger partial charge < -0.3 is 26.0 Å². The van der Waals surface area contributed by atoms with Crippen LogP contribution < -0.4 is 15.8 Å². The zero-order valence-electron chi connectivity index (χ0n) is 12.9. The molecule has 0 heterocycles. The highest BCUT2D eigenvalue weighted by atomic mass is 35.5. The summed E-state index contributed by atoms with van der Waals surface area (Å²) < 4.78 is 5.32. The predicted molar refractivity (Wildman–Crippen MR) is 91.8 cm³/mol. The monoisotopic (exact) mass is 350 g/mol. The number of ether oxygens (including phenoxy) is 1. The van der Waals surface area contributed by atoms with Crippen LogP contribution >= 0.6 is 11.6 Å². The summed E-state index contributed by atoms with van der Waals surface area (Å²) in [7, 11) is 0. The second-order valence-corrected chi connectivity index (χ2v) is 5.59. The zero-order chi connectivity index (χ0) is 17.5. The molecular weight excluding hydrogens is 332 g/mol. The summed E-state index contributed by atoms with van der Waals surface area (Å²) in [6.07, 6.45) is -1.07. The van der Waals surface area contributed by atoms with E-state index >= 15 is 0 Å². The number of anilines is 1. The van der Waals surface area contributed by atoms with Crippen molar-refractivity contribution >= 4 is 23.2 Å². The molecule has 0 fully saturated rings. The third kappa shape index (κ3) is 4.86. The second-order valence-electron chi connectivity index (χ2n) is 5.19. The summed E-state index contributed by atoms with van der Waals surface area (Å²) in [6, 6.07) is 12.4. The summed E-state index contributed by atoms with van der Waals surface area (Å²) in [5, 5.41) is 22.6. The Hall–Kier alpha value is -2.28. The Morgan fingerprint density at radius 2 is 1.88 bits per heavy atom. The highest BCUT2D eigenvalue weighted by Crippen LogP contribution is 2.23. The second kappa shape index (κ2) is 8.54. The molecule has 2 aromatic rings. The number of aliphatic hydroxyl groups excluding tert-OH is 2. The van der Waals surface area contributed by atoms with Crippen molar-refractivity contribution in [2.75, 3.05) is 18.9 Å². The molecule has 2 atom stereocenters. The minimum atomic E-state index is -1.07. The van der Waals surface area contributed by atoms with E-state index in [1.165, 1.54) is 0 Å². The lowest BCUT2D eigenvalue weighted by atomic mass is 10.0. The fourth-order valence-corrected chi connectivity index (χ4v) is 2.29. The normalized spacial score (nSPS) is 13.1. The number of carbonyl (C=O) groups excluding carboxylic acids is 1. The van der Waals surface area contributed by atoms with Crippen molar-refractivity contribution in [1.29, 1.82) is 0 Å². The van der Waals surface area contributed by atoms with Crippen LogP contribution in [0.5, 0.6) is 5.75 Å². The van der Waals surface area contributed by atoms with Gasteiger partial charge in [0.15, 0.2) is 6.61 Å². The molecule has 24 heavy (non-hydrogen) atoms. The first kappa shape index (κ1) is 18.1. The maximum Gasteiger partial charge on any atom is 0.258 e. The Kier molecular flexibility index (Phi) is 6.43. The van der Waals surface area contributed by atoms with E-state index in [1.807, 2.05) is 0 Å². The van der Waals surface area contributed by atoms with Crippen LogP contribution in [0.25, 0.3) is 0 Å². The first-order chi connectivity index (χ1) is 11.5. The van der Waals surface area contributed by atoms with E-state index < -0.39 is 24.7 Å². The van der Waals surface area contributed by atoms with Gasteiger partial charge in [0.1, 0.15) is 11.9 Å². The number of benzene rings is 2. The van der Waals surface area contributed by atoms with Gasteiger partial charge in [-0.25, -0.2) is 0 Å². The van der Waals surface area contributed by atoms with Gasteiger partial charge in [0.2, 0.25) is 0 Å². The van der Waals surface area contributed by atoms with Gasteiger partial charge in [-0.15, -0.1) is 0 Å². The minimum absolute atomic E-state index is 0.283. The van der Waals surface area contributed by atoms with E-state index in [9.17, 15) is 15.0 Å². The number of carbonyl (C=O) groups is 1. The van der Waals surface area contributed by atoms with Crippen molar-refractivity contribution in [2.24, 2.45) is 0 Å². The van der Waals surface area contributed by atoms with E-state index in [4.69, 9.17) is 22.1 Å². The van der Waals surface area contributed by atoms with Crippen LogP contribution in [0.15, 0.2) is 48.5 Å². The van der Waals surface area contributed by atoms with Crippen molar-refractivity contribution in [3.63, 3.8) is 0 Å². The third-order valence-corrected chi connectivity index (χ3v) is 3.71. The van der Waals surface area contributed by atoms with Gasteiger partial charge in [0.25, 0.3) is 5.91 Å². The SMILES string of the molecule is Nc1ccc(C(O)C(CO)NC(=O)COc2ccccc2Cl)cc1. The van der Waals surface area contributed by atoms with Gasteiger partial charge in [0, 0.05) is 5.69 Å². The fraction of sp³-hybridized carbons (Fsp3) is 0.235. The van der Waals surface area contributed by atoms with E-state index in [-0.39, 0.29) is 6.61 Å². The van der Waals surface area contributed by atoms with Crippen LogP contribution in [0.1, 0.15) is 11.7 Å². The van der Waals surface area contributed by atoms with Crippen molar-refractivity contribution in [1.82, 2.24) is 5.32 Å².